The van der Waals surface area contributed by atoms with Gasteiger partial charge in [-0.2, -0.15) is 0 Å². The van der Waals surface area contributed by atoms with Gasteiger partial charge < -0.3 is 4.57 Å². The van der Waals surface area contributed by atoms with Crippen molar-refractivity contribution in [3.8, 4) is 0 Å². The average Bonchev–Trinajstić information content (AvgIpc) is 2.74. The second-order valence-electron chi connectivity index (χ2n) is 6.60. The van der Waals surface area contributed by atoms with E-state index >= 15 is 0 Å². The van der Waals surface area contributed by atoms with Gasteiger partial charge in [0, 0.05) is 6.04 Å². The predicted molar refractivity (Wildman–Crippen MR) is 85.2 cm³/mol. The SMILES string of the molecule is Cc1ccc2c(c1)nc(CCl)n2C1CC(C)CC(C)C1. The molecule has 0 amide bonds. The zero-order valence-electron chi connectivity index (χ0n) is 12.6. The quantitative estimate of drug-likeness (QED) is 0.705. The van der Waals surface area contributed by atoms with Crippen LogP contribution in [-0.2, 0) is 5.88 Å². The van der Waals surface area contributed by atoms with Crippen molar-refractivity contribution in [2.75, 3.05) is 0 Å². The molecule has 0 spiro atoms. The van der Waals surface area contributed by atoms with Crippen LogP contribution in [0.25, 0.3) is 11.0 Å². The molecule has 2 atom stereocenters. The highest BCUT2D eigenvalue weighted by atomic mass is 35.5. The number of aromatic nitrogens is 2. The fourth-order valence-corrected chi connectivity index (χ4v) is 4.06. The lowest BCUT2D eigenvalue weighted by atomic mass is 9.80. The highest BCUT2D eigenvalue weighted by Crippen LogP contribution is 2.38. The van der Waals surface area contributed by atoms with E-state index in [4.69, 9.17) is 16.6 Å². The maximum atomic E-state index is 6.15. The molecule has 1 fully saturated rings. The average molecular weight is 291 g/mol. The Kier molecular flexibility index (Phi) is 3.76. The molecule has 3 heteroatoms. The number of hydrogen-bond acceptors (Lipinski definition) is 1. The van der Waals surface area contributed by atoms with E-state index in [9.17, 15) is 0 Å². The number of hydrogen-bond donors (Lipinski definition) is 0. The number of rotatable bonds is 2. The van der Waals surface area contributed by atoms with Crippen molar-refractivity contribution in [1.82, 2.24) is 9.55 Å². The van der Waals surface area contributed by atoms with Gasteiger partial charge in [-0.1, -0.05) is 19.9 Å². The Morgan fingerprint density at radius 2 is 1.90 bits per heavy atom. The minimum absolute atomic E-state index is 0.493. The number of fused-ring (bicyclic) bond motifs is 1. The van der Waals surface area contributed by atoms with Crippen LogP contribution in [0.5, 0.6) is 0 Å². The van der Waals surface area contributed by atoms with Crippen LogP contribution in [0.1, 0.15) is 50.5 Å². The van der Waals surface area contributed by atoms with Gasteiger partial charge >= 0.3 is 0 Å². The lowest BCUT2D eigenvalue weighted by Gasteiger charge is -2.33. The van der Waals surface area contributed by atoms with Crippen LogP contribution >= 0.6 is 11.6 Å². The molecule has 0 radical (unpaired) electrons. The molecule has 1 aromatic carbocycles. The third kappa shape index (κ3) is 2.46. The summed E-state index contributed by atoms with van der Waals surface area (Å²) in [6.45, 7) is 6.85. The summed E-state index contributed by atoms with van der Waals surface area (Å²) in [5, 5.41) is 0. The highest BCUT2D eigenvalue weighted by Gasteiger charge is 2.27. The highest BCUT2D eigenvalue weighted by molar-refractivity contribution is 6.16. The van der Waals surface area contributed by atoms with E-state index < -0.39 is 0 Å². The third-order valence-corrected chi connectivity index (χ3v) is 4.80. The molecule has 20 heavy (non-hydrogen) atoms. The first-order chi connectivity index (χ1) is 9.58. The van der Waals surface area contributed by atoms with E-state index in [1.54, 1.807) is 0 Å². The molecule has 0 saturated heterocycles. The molecular formula is C17H23ClN2. The molecule has 1 aliphatic rings. The summed E-state index contributed by atoms with van der Waals surface area (Å²) >= 11 is 6.15. The summed E-state index contributed by atoms with van der Waals surface area (Å²) in [4.78, 5) is 4.75. The van der Waals surface area contributed by atoms with Gasteiger partial charge in [0.05, 0.1) is 16.9 Å². The number of benzene rings is 1. The Morgan fingerprint density at radius 3 is 2.55 bits per heavy atom. The van der Waals surface area contributed by atoms with Gasteiger partial charge in [0.2, 0.25) is 0 Å². The minimum Gasteiger partial charge on any atom is -0.324 e. The lowest BCUT2D eigenvalue weighted by Crippen LogP contribution is -2.23. The van der Waals surface area contributed by atoms with Crippen LogP contribution < -0.4 is 0 Å². The molecule has 0 aliphatic heterocycles. The smallest absolute Gasteiger partial charge is 0.125 e. The Bertz CT molecular complexity index is 607. The first-order valence-corrected chi connectivity index (χ1v) is 8.15. The predicted octanol–water partition coefficient (Wildman–Crippen LogP) is 5.08. The van der Waals surface area contributed by atoms with Crippen molar-refractivity contribution in [1.29, 1.82) is 0 Å². The van der Waals surface area contributed by atoms with Crippen LogP contribution in [-0.4, -0.2) is 9.55 Å². The van der Waals surface area contributed by atoms with E-state index in [1.807, 2.05) is 0 Å². The van der Waals surface area contributed by atoms with Crippen molar-refractivity contribution in [3.05, 3.63) is 29.6 Å². The summed E-state index contributed by atoms with van der Waals surface area (Å²) in [5.74, 6) is 3.09. The van der Waals surface area contributed by atoms with Crippen molar-refractivity contribution in [2.45, 2.75) is 52.0 Å². The van der Waals surface area contributed by atoms with Crippen LogP contribution in [0.2, 0.25) is 0 Å². The molecule has 0 N–H and O–H groups in total. The Labute approximate surface area is 126 Å². The van der Waals surface area contributed by atoms with Crippen molar-refractivity contribution < 1.29 is 0 Å². The summed E-state index contributed by atoms with van der Waals surface area (Å²) in [6, 6.07) is 7.10. The number of imidazole rings is 1. The first-order valence-electron chi connectivity index (χ1n) is 7.62. The molecule has 2 aromatic rings. The van der Waals surface area contributed by atoms with Gasteiger partial charge in [-0.3, -0.25) is 0 Å². The Balaban J connectivity index is 2.09. The summed E-state index contributed by atoms with van der Waals surface area (Å²) < 4.78 is 2.41. The van der Waals surface area contributed by atoms with E-state index in [0.717, 1.165) is 23.2 Å². The van der Waals surface area contributed by atoms with Gasteiger partial charge in [-0.25, -0.2) is 4.98 Å². The normalized spacial score (nSPS) is 27.1. The van der Waals surface area contributed by atoms with Gasteiger partial charge in [0.15, 0.2) is 0 Å². The number of alkyl halides is 1. The van der Waals surface area contributed by atoms with Gasteiger partial charge in [0.25, 0.3) is 0 Å². The molecule has 1 saturated carbocycles. The van der Waals surface area contributed by atoms with Gasteiger partial charge in [-0.15, -0.1) is 11.6 Å². The van der Waals surface area contributed by atoms with Gasteiger partial charge in [0.1, 0.15) is 5.82 Å². The van der Waals surface area contributed by atoms with E-state index in [2.05, 4.69) is 43.5 Å². The van der Waals surface area contributed by atoms with E-state index in [1.165, 1.54) is 30.3 Å². The molecule has 2 unspecified atom stereocenters. The molecular weight excluding hydrogens is 268 g/mol. The topological polar surface area (TPSA) is 17.8 Å². The zero-order valence-corrected chi connectivity index (χ0v) is 13.3. The van der Waals surface area contributed by atoms with Crippen molar-refractivity contribution in [2.24, 2.45) is 11.8 Å². The largest absolute Gasteiger partial charge is 0.324 e. The first kappa shape index (κ1) is 13.9. The molecule has 108 valence electrons. The fraction of sp³-hybridized carbons (Fsp3) is 0.588. The molecule has 1 aromatic heterocycles. The van der Waals surface area contributed by atoms with Crippen LogP contribution in [0, 0.1) is 18.8 Å². The van der Waals surface area contributed by atoms with Crippen LogP contribution in [0.15, 0.2) is 18.2 Å². The molecule has 0 bridgehead atoms. The summed E-state index contributed by atoms with van der Waals surface area (Å²) in [7, 11) is 0. The Morgan fingerprint density at radius 1 is 1.20 bits per heavy atom. The summed E-state index contributed by atoms with van der Waals surface area (Å²) in [5.41, 5.74) is 3.60. The van der Waals surface area contributed by atoms with Crippen molar-refractivity contribution in [3.63, 3.8) is 0 Å². The molecule has 1 heterocycles. The maximum absolute atomic E-state index is 6.15. The molecule has 3 rings (SSSR count). The maximum Gasteiger partial charge on any atom is 0.125 e. The zero-order chi connectivity index (χ0) is 14.3. The number of aryl methyl sites for hydroxylation is 1. The third-order valence-electron chi connectivity index (χ3n) is 4.56. The number of nitrogens with zero attached hydrogens (tertiary/aromatic N) is 2. The van der Waals surface area contributed by atoms with E-state index in [0.29, 0.717) is 11.9 Å². The van der Waals surface area contributed by atoms with E-state index in [-0.39, 0.29) is 0 Å². The van der Waals surface area contributed by atoms with Crippen LogP contribution in [0.4, 0.5) is 0 Å². The van der Waals surface area contributed by atoms with Crippen LogP contribution in [0.3, 0.4) is 0 Å². The standard InChI is InChI=1S/C17H23ClN2/c1-11-4-5-16-15(9-11)19-17(10-18)20(16)14-7-12(2)6-13(3)8-14/h4-5,9,12-14H,6-8,10H2,1-3H3. The Hall–Kier alpha value is -1.02. The number of halogens is 1. The minimum atomic E-state index is 0.493. The second-order valence-corrected chi connectivity index (χ2v) is 6.86. The van der Waals surface area contributed by atoms with Gasteiger partial charge in [-0.05, 0) is 55.7 Å². The summed E-state index contributed by atoms with van der Waals surface area (Å²) in [6.07, 6.45) is 3.83. The lowest BCUT2D eigenvalue weighted by molar-refractivity contribution is 0.222. The van der Waals surface area contributed by atoms with Crippen molar-refractivity contribution >= 4 is 22.6 Å². The molecule has 1 aliphatic carbocycles. The fourth-order valence-electron chi connectivity index (χ4n) is 3.88. The second kappa shape index (κ2) is 5.40. The molecule has 2 nitrogen and oxygen atoms in total. The monoisotopic (exact) mass is 290 g/mol.